The van der Waals surface area contributed by atoms with Crippen LogP contribution in [0, 0.1) is 5.92 Å². The Hall–Kier alpha value is -3.76. The van der Waals surface area contributed by atoms with Gasteiger partial charge in [0.25, 0.3) is 5.56 Å². The van der Waals surface area contributed by atoms with Crippen LogP contribution in [0.15, 0.2) is 46.0 Å². The number of amides is 1. The lowest BCUT2D eigenvalue weighted by molar-refractivity contribution is -0.141. The molecule has 3 aromatic rings. The van der Waals surface area contributed by atoms with Gasteiger partial charge in [0, 0.05) is 24.7 Å². The van der Waals surface area contributed by atoms with Gasteiger partial charge in [-0.05, 0) is 42.3 Å². The van der Waals surface area contributed by atoms with Crippen molar-refractivity contribution in [2.75, 3.05) is 5.32 Å². The molecule has 2 heterocycles. The molecule has 11 heteroatoms. The number of fused-ring (bicyclic) bond motifs is 1. The van der Waals surface area contributed by atoms with Gasteiger partial charge in [0.15, 0.2) is 5.78 Å². The first-order valence-corrected chi connectivity index (χ1v) is 9.99. The molecule has 0 aliphatic carbocycles. The molecule has 174 valence electrons. The van der Waals surface area contributed by atoms with E-state index in [4.69, 9.17) is 0 Å². The van der Waals surface area contributed by atoms with Gasteiger partial charge in [-0.15, -0.1) is 0 Å². The molecule has 1 aromatic carbocycles. The molecule has 0 bridgehead atoms. The Morgan fingerprint density at radius 1 is 1.06 bits per heavy atom. The summed E-state index contributed by atoms with van der Waals surface area (Å²) in [5, 5.41) is 2.48. The maximum Gasteiger partial charge on any atom is 0.433 e. The van der Waals surface area contributed by atoms with Crippen LogP contribution < -0.4 is 16.6 Å². The number of alkyl halides is 3. The maximum atomic E-state index is 12.9. The molecule has 1 N–H and O–H groups in total. The molecule has 0 radical (unpaired) electrons. The van der Waals surface area contributed by atoms with Crippen LogP contribution in [0.2, 0.25) is 0 Å². The number of ketones is 1. The molecule has 1 amide bonds. The fraction of sp³-hybridized carbons (Fsp3) is 0.318. The highest BCUT2D eigenvalue weighted by molar-refractivity contribution is 5.97. The van der Waals surface area contributed by atoms with Crippen molar-refractivity contribution in [1.29, 1.82) is 0 Å². The van der Waals surface area contributed by atoms with Gasteiger partial charge in [-0.2, -0.15) is 13.2 Å². The lowest BCUT2D eigenvalue weighted by Gasteiger charge is -2.12. The van der Waals surface area contributed by atoms with E-state index in [1.54, 1.807) is 0 Å². The second kappa shape index (κ2) is 9.00. The number of hydrogen-bond donors (Lipinski definition) is 1. The number of carbonyl (C=O) groups excluding carboxylic acids is 2. The van der Waals surface area contributed by atoms with Crippen LogP contribution >= 0.6 is 0 Å². The van der Waals surface area contributed by atoms with Crippen LogP contribution in [0.4, 0.5) is 18.9 Å². The normalized spacial score (nSPS) is 11.7. The molecule has 8 nitrogen and oxygen atoms in total. The summed E-state index contributed by atoms with van der Waals surface area (Å²) in [5.74, 6) is -0.546. The van der Waals surface area contributed by atoms with Gasteiger partial charge in [-0.1, -0.05) is 13.8 Å². The number of hydrogen-bond acceptors (Lipinski definition) is 5. The van der Waals surface area contributed by atoms with Crippen molar-refractivity contribution >= 4 is 28.4 Å². The molecule has 2 aromatic heterocycles. The van der Waals surface area contributed by atoms with Crippen molar-refractivity contribution in [3.05, 3.63) is 68.5 Å². The summed E-state index contributed by atoms with van der Waals surface area (Å²) in [6.45, 7) is 3.21. The molecule has 0 saturated carbocycles. The highest BCUT2D eigenvalue weighted by Gasteiger charge is 2.33. The smallest absolute Gasteiger partial charge is 0.326 e. The van der Waals surface area contributed by atoms with Gasteiger partial charge in [0.05, 0.1) is 11.9 Å². The molecule has 0 aliphatic rings. The van der Waals surface area contributed by atoms with Crippen molar-refractivity contribution in [1.82, 2.24) is 14.1 Å². The van der Waals surface area contributed by atoms with Crippen LogP contribution in [0.25, 0.3) is 11.0 Å². The molecule has 0 atom stereocenters. The van der Waals surface area contributed by atoms with Crippen molar-refractivity contribution in [2.45, 2.75) is 33.0 Å². The lowest BCUT2D eigenvalue weighted by atomic mass is 10.1. The summed E-state index contributed by atoms with van der Waals surface area (Å²) in [7, 11) is 1.17. The van der Waals surface area contributed by atoms with E-state index < -0.39 is 41.1 Å². The number of aromatic nitrogens is 3. The molecule has 33 heavy (non-hydrogen) atoms. The second-order valence-electron chi connectivity index (χ2n) is 7.94. The molecule has 0 unspecified atom stereocenters. The molecule has 3 rings (SSSR count). The van der Waals surface area contributed by atoms with Gasteiger partial charge in [0.1, 0.15) is 11.3 Å². The third-order valence-corrected chi connectivity index (χ3v) is 4.86. The molecular weight excluding hydrogens is 441 g/mol. The van der Waals surface area contributed by atoms with Crippen LogP contribution in [0.5, 0.6) is 0 Å². The first-order chi connectivity index (χ1) is 15.4. The van der Waals surface area contributed by atoms with E-state index in [0.717, 1.165) is 10.6 Å². The standard InChI is InChI=1S/C22H21F3N4O4/c1-12(2)10-18(31)26-14-6-4-13(5-7-14)16(30)11-29-20(32)15-8-9-17(22(23,24)25)27-19(15)28(3)21(29)33/h4-9,12H,10-11H2,1-3H3,(H,26,31). The Bertz CT molecular complexity index is 1340. The molecule has 0 fully saturated rings. The summed E-state index contributed by atoms with van der Waals surface area (Å²) in [5.41, 5.74) is -2.87. The zero-order valence-electron chi connectivity index (χ0n) is 18.1. The summed E-state index contributed by atoms with van der Waals surface area (Å²) in [6.07, 6.45) is -4.40. The quantitative estimate of drug-likeness (QED) is 0.568. The van der Waals surface area contributed by atoms with E-state index in [9.17, 15) is 32.3 Å². The number of rotatable bonds is 6. The summed E-state index contributed by atoms with van der Waals surface area (Å²) in [6, 6.07) is 7.52. The van der Waals surface area contributed by atoms with Crippen LogP contribution in [-0.4, -0.2) is 25.8 Å². The monoisotopic (exact) mass is 462 g/mol. The van der Waals surface area contributed by atoms with E-state index in [2.05, 4.69) is 10.3 Å². The van der Waals surface area contributed by atoms with Crippen molar-refractivity contribution < 1.29 is 22.8 Å². The predicted octanol–water partition coefficient (Wildman–Crippen LogP) is 2.98. The highest BCUT2D eigenvalue weighted by atomic mass is 19.4. The number of nitrogens with zero attached hydrogens (tertiary/aromatic N) is 3. The number of Topliss-reactive ketones (excluding diaryl/α,β-unsaturated/α-hetero) is 1. The third-order valence-electron chi connectivity index (χ3n) is 4.86. The first-order valence-electron chi connectivity index (χ1n) is 9.99. The van der Waals surface area contributed by atoms with Gasteiger partial charge < -0.3 is 5.32 Å². The Kier molecular flexibility index (Phi) is 6.52. The second-order valence-corrected chi connectivity index (χ2v) is 7.94. The van der Waals surface area contributed by atoms with E-state index >= 15 is 0 Å². The summed E-state index contributed by atoms with van der Waals surface area (Å²) < 4.78 is 40.3. The van der Waals surface area contributed by atoms with E-state index in [1.807, 2.05) is 13.8 Å². The fourth-order valence-electron chi connectivity index (χ4n) is 3.23. The minimum atomic E-state index is -4.74. The minimum absolute atomic E-state index is 0.169. The number of carbonyl (C=O) groups is 2. The maximum absolute atomic E-state index is 12.9. The van der Waals surface area contributed by atoms with Crippen molar-refractivity contribution in [3.8, 4) is 0 Å². The van der Waals surface area contributed by atoms with Gasteiger partial charge in [0.2, 0.25) is 5.91 Å². The number of pyridine rings is 1. The van der Waals surface area contributed by atoms with Crippen LogP contribution in [-0.2, 0) is 24.6 Å². The van der Waals surface area contributed by atoms with Gasteiger partial charge >= 0.3 is 11.9 Å². The number of benzene rings is 1. The SMILES string of the molecule is CC(C)CC(=O)Nc1ccc(C(=O)Cn2c(=O)c3ccc(C(F)(F)F)nc3n(C)c2=O)cc1. The number of nitrogens with one attached hydrogen (secondary N) is 1. The largest absolute Gasteiger partial charge is 0.433 e. The molecular formula is C22H21F3N4O4. The Morgan fingerprint density at radius 2 is 1.70 bits per heavy atom. The van der Waals surface area contributed by atoms with Crippen LogP contribution in [0.3, 0.4) is 0 Å². The lowest BCUT2D eigenvalue weighted by Crippen LogP contribution is -2.41. The minimum Gasteiger partial charge on any atom is -0.326 e. The average molecular weight is 462 g/mol. The first kappa shape index (κ1) is 23.9. The number of aryl methyl sites for hydroxylation is 1. The summed E-state index contributed by atoms with van der Waals surface area (Å²) in [4.78, 5) is 53.2. The third kappa shape index (κ3) is 5.18. The predicted molar refractivity (Wildman–Crippen MR) is 115 cm³/mol. The topological polar surface area (TPSA) is 103 Å². The van der Waals surface area contributed by atoms with Crippen molar-refractivity contribution in [2.24, 2.45) is 13.0 Å². The van der Waals surface area contributed by atoms with Gasteiger partial charge in [-0.25, -0.2) is 9.78 Å². The van der Waals surface area contributed by atoms with E-state index in [0.29, 0.717) is 22.7 Å². The Morgan fingerprint density at radius 3 is 2.27 bits per heavy atom. The zero-order valence-corrected chi connectivity index (χ0v) is 18.1. The molecule has 0 spiro atoms. The molecule has 0 saturated heterocycles. The highest BCUT2D eigenvalue weighted by Crippen LogP contribution is 2.28. The Labute approximate surface area is 185 Å². The van der Waals surface area contributed by atoms with Crippen molar-refractivity contribution in [3.63, 3.8) is 0 Å². The van der Waals surface area contributed by atoms with E-state index in [1.165, 1.54) is 31.3 Å². The fourth-order valence-corrected chi connectivity index (χ4v) is 3.23. The molecule has 0 aliphatic heterocycles. The Balaban J connectivity index is 1.89. The van der Waals surface area contributed by atoms with E-state index in [-0.39, 0.29) is 22.8 Å². The summed E-state index contributed by atoms with van der Waals surface area (Å²) >= 11 is 0. The van der Waals surface area contributed by atoms with Gasteiger partial charge in [-0.3, -0.25) is 23.5 Å². The average Bonchev–Trinajstić information content (AvgIpc) is 2.74. The zero-order chi connectivity index (χ0) is 24.5. The number of anilines is 1. The number of halogens is 3. The van der Waals surface area contributed by atoms with Crippen LogP contribution in [0.1, 0.15) is 36.3 Å².